The minimum absolute atomic E-state index is 0.0641. The van der Waals surface area contributed by atoms with Crippen LogP contribution in [0, 0.1) is 5.82 Å². The molecule has 162 valence electrons. The first kappa shape index (κ1) is 21.3. The van der Waals surface area contributed by atoms with Crippen molar-refractivity contribution >= 4 is 28.4 Å². The molecular formula is C22H22ClFN4O3. The van der Waals surface area contributed by atoms with Crippen molar-refractivity contribution in [3.8, 4) is 0 Å². The number of hydrogen-bond donors (Lipinski definition) is 1. The third-order valence-corrected chi connectivity index (χ3v) is 5.98. The molecule has 0 spiro atoms. The molecule has 1 aromatic heterocycles. The number of fused-ring (bicyclic) bond motifs is 1. The van der Waals surface area contributed by atoms with Crippen LogP contribution >= 0.6 is 11.6 Å². The average molecular weight is 445 g/mol. The summed E-state index contributed by atoms with van der Waals surface area (Å²) in [5, 5.41) is 0.812. The number of aryl methyl sites for hydroxylation is 1. The van der Waals surface area contributed by atoms with Crippen molar-refractivity contribution in [3.63, 3.8) is 0 Å². The molecule has 4 rings (SSSR count). The van der Waals surface area contributed by atoms with Crippen molar-refractivity contribution < 1.29 is 9.18 Å². The van der Waals surface area contributed by atoms with Gasteiger partial charge in [-0.1, -0.05) is 29.8 Å². The Balaban J connectivity index is 1.37. The van der Waals surface area contributed by atoms with Gasteiger partial charge in [0, 0.05) is 56.3 Å². The maximum absolute atomic E-state index is 14.0. The van der Waals surface area contributed by atoms with Gasteiger partial charge >= 0.3 is 5.69 Å². The van der Waals surface area contributed by atoms with Crippen LogP contribution in [0.1, 0.15) is 12.0 Å². The van der Waals surface area contributed by atoms with Crippen LogP contribution in [0.5, 0.6) is 0 Å². The number of nitrogens with one attached hydrogen (secondary N) is 1. The first-order chi connectivity index (χ1) is 14.9. The van der Waals surface area contributed by atoms with E-state index in [1.807, 2.05) is 0 Å². The maximum atomic E-state index is 14.0. The van der Waals surface area contributed by atoms with Crippen molar-refractivity contribution in [2.24, 2.45) is 0 Å². The van der Waals surface area contributed by atoms with E-state index in [0.29, 0.717) is 54.2 Å². The van der Waals surface area contributed by atoms with Gasteiger partial charge in [-0.2, -0.15) is 0 Å². The Bertz CT molecular complexity index is 1210. The topological polar surface area (TPSA) is 78.4 Å². The number of carbonyl (C=O) groups is 1. The van der Waals surface area contributed by atoms with E-state index in [9.17, 15) is 18.8 Å². The third kappa shape index (κ3) is 4.55. The summed E-state index contributed by atoms with van der Waals surface area (Å²) in [6.45, 7) is 2.83. The normalized spacial score (nSPS) is 14.8. The highest BCUT2D eigenvalue weighted by molar-refractivity contribution is 6.31. The summed E-state index contributed by atoms with van der Waals surface area (Å²) in [6.07, 6.45) is 0.148. The Morgan fingerprint density at radius 2 is 1.77 bits per heavy atom. The first-order valence-electron chi connectivity index (χ1n) is 10.1. The first-order valence-corrected chi connectivity index (χ1v) is 10.5. The largest absolute Gasteiger partial charge is 0.340 e. The van der Waals surface area contributed by atoms with Crippen LogP contribution in [0.4, 0.5) is 4.39 Å². The number of carbonyl (C=O) groups excluding carboxylic acids is 1. The van der Waals surface area contributed by atoms with E-state index in [4.69, 9.17) is 11.6 Å². The molecule has 1 fully saturated rings. The smallest absolute Gasteiger partial charge is 0.328 e. The zero-order valence-electron chi connectivity index (χ0n) is 16.8. The molecular weight excluding hydrogens is 423 g/mol. The molecule has 0 bridgehead atoms. The Morgan fingerprint density at radius 3 is 2.52 bits per heavy atom. The summed E-state index contributed by atoms with van der Waals surface area (Å²) >= 11 is 6.11. The van der Waals surface area contributed by atoms with Gasteiger partial charge < -0.3 is 4.90 Å². The third-order valence-electron chi connectivity index (χ3n) is 5.62. The number of piperazine rings is 1. The second-order valence-corrected chi connectivity index (χ2v) is 7.94. The Labute approximate surface area is 182 Å². The Hall–Kier alpha value is -2.97. The SMILES string of the molecule is O=C(CCn1c(=O)[nH]c(=O)c2ccccc21)N1CCN(Cc2c(F)cccc2Cl)CC1. The van der Waals surface area contributed by atoms with Gasteiger partial charge in [0.1, 0.15) is 5.82 Å². The summed E-state index contributed by atoms with van der Waals surface area (Å²) in [6, 6.07) is 11.5. The highest BCUT2D eigenvalue weighted by Crippen LogP contribution is 2.21. The van der Waals surface area contributed by atoms with Crippen molar-refractivity contribution in [3.05, 3.63) is 79.7 Å². The molecule has 2 heterocycles. The van der Waals surface area contributed by atoms with Crippen LogP contribution in [-0.2, 0) is 17.9 Å². The Morgan fingerprint density at radius 1 is 1.03 bits per heavy atom. The molecule has 1 aliphatic heterocycles. The van der Waals surface area contributed by atoms with Crippen LogP contribution in [0.2, 0.25) is 5.02 Å². The number of aromatic amines is 1. The van der Waals surface area contributed by atoms with Crippen molar-refractivity contribution in [1.29, 1.82) is 0 Å². The van der Waals surface area contributed by atoms with Gasteiger partial charge in [0.25, 0.3) is 5.56 Å². The number of amides is 1. The molecule has 0 atom stereocenters. The molecule has 3 aromatic rings. The number of aromatic nitrogens is 2. The minimum atomic E-state index is -0.525. The van der Waals surface area contributed by atoms with E-state index in [2.05, 4.69) is 9.88 Å². The van der Waals surface area contributed by atoms with Crippen molar-refractivity contribution in [1.82, 2.24) is 19.4 Å². The molecule has 7 nitrogen and oxygen atoms in total. The van der Waals surface area contributed by atoms with Crippen LogP contribution < -0.4 is 11.2 Å². The zero-order chi connectivity index (χ0) is 22.0. The maximum Gasteiger partial charge on any atom is 0.328 e. The predicted octanol–water partition coefficient (Wildman–Crippen LogP) is 2.22. The van der Waals surface area contributed by atoms with E-state index < -0.39 is 11.2 Å². The fourth-order valence-electron chi connectivity index (χ4n) is 3.89. The highest BCUT2D eigenvalue weighted by atomic mass is 35.5. The minimum Gasteiger partial charge on any atom is -0.340 e. The number of halogens is 2. The second-order valence-electron chi connectivity index (χ2n) is 7.54. The van der Waals surface area contributed by atoms with E-state index in [1.54, 1.807) is 41.3 Å². The summed E-state index contributed by atoms with van der Waals surface area (Å²) in [4.78, 5) is 43.0. The summed E-state index contributed by atoms with van der Waals surface area (Å²) in [5.41, 5.74) is 0.0150. The number of hydrogen-bond acceptors (Lipinski definition) is 4. The summed E-state index contributed by atoms with van der Waals surface area (Å²) < 4.78 is 15.4. The van der Waals surface area contributed by atoms with Gasteiger partial charge in [-0.25, -0.2) is 9.18 Å². The number of para-hydroxylation sites is 1. The van der Waals surface area contributed by atoms with Crippen LogP contribution in [0.15, 0.2) is 52.1 Å². The number of nitrogens with zero attached hydrogens (tertiary/aromatic N) is 3. The van der Waals surface area contributed by atoms with E-state index in [1.165, 1.54) is 10.6 Å². The number of H-pyrrole nitrogens is 1. The van der Waals surface area contributed by atoms with E-state index in [-0.39, 0.29) is 24.7 Å². The molecule has 1 N–H and O–H groups in total. The molecule has 0 radical (unpaired) electrons. The average Bonchev–Trinajstić information content (AvgIpc) is 2.76. The van der Waals surface area contributed by atoms with Gasteiger partial charge in [0.05, 0.1) is 10.9 Å². The lowest BCUT2D eigenvalue weighted by Gasteiger charge is -2.35. The molecule has 1 saturated heterocycles. The molecule has 31 heavy (non-hydrogen) atoms. The Kier molecular flexibility index (Phi) is 6.20. The standard InChI is InChI=1S/C22H22ClFN4O3/c23-17-5-3-6-18(24)16(17)14-26-10-12-27(13-11-26)20(29)8-9-28-19-7-2-1-4-15(19)21(30)25-22(28)31/h1-7H,8-14H2,(H,25,30,31). The van der Waals surface area contributed by atoms with Gasteiger partial charge in [-0.15, -0.1) is 0 Å². The van der Waals surface area contributed by atoms with Gasteiger partial charge in [-0.3, -0.25) is 24.0 Å². The van der Waals surface area contributed by atoms with Crippen molar-refractivity contribution in [2.75, 3.05) is 26.2 Å². The molecule has 2 aromatic carbocycles. The lowest BCUT2D eigenvalue weighted by molar-refractivity contribution is -0.133. The van der Waals surface area contributed by atoms with Gasteiger partial charge in [0.15, 0.2) is 0 Å². The zero-order valence-corrected chi connectivity index (χ0v) is 17.6. The lowest BCUT2D eigenvalue weighted by atomic mass is 10.1. The summed E-state index contributed by atoms with van der Waals surface area (Å²) in [5.74, 6) is -0.393. The van der Waals surface area contributed by atoms with E-state index >= 15 is 0 Å². The molecule has 9 heteroatoms. The van der Waals surface area contributed by atoms with E-state index in [0.717, 1.165) is 0 Å². The monoisotopic (exact) mass is 444 g/mol. The highest BCUT2D eigenvalue weighted by Gasteiger charge is 2.22. The fourth-order valence-corrected chi connectivity index (χ4v) is 4.12. The molecule has 0 unspecified atom stereocenters. The molecule has 0 saturated carbocycles. The summed E-state index contributed by atoms with van der Waals surface area (Å²) in [7, 11) is 0. The predicted molar refractivity (Wildman–Crippen MR) is 117 cm³/mol. The number of rotatable bonds is 5. The quantitative estimate of drug-likeness (QED) is 0.654. The van der Waals surface area contributed by atoms with Crippen LogP contribution in [-0.4, -0.2) is 51.4 Å². The molecule has 1 amide bonds. The van der Waals surface area contributed by atoms with Crippen molar-refractivity contribution in [2.45, 2.75) is 19.5 Å². The van der Waals surface area contributed by atoms with Gasteiger partial charge in [-0.05, 0) is 24.3 Å². The van der Waals surface area contributed by atoms with Gasteiger partial charge in [0.2, 0.25) is 5.91 Å². The fraction of sp³-hybridized carbons (Fsp3) is 0.318. The van der Waals surface area contributed by atoms with Crippen LogP contribution in [0.25, 0.3) is 10.9 Å². The second kappa shape index (κ2) is 9.03. The molecule has 1 aliphatic rings. The number of benzene rings is 2. The lowest BCUT2D eigenvalue weighted by Crippen LogP contribution is -2.48. The molecule has 0 aliphatic carbocycles. The van der Waals surface area contributed by atoms with Crippen LogP contribution in [0.3, 0.4) is 0 Å².